The van der Waals surface area contributed by atoms with Crippen molar-refractivity contribution in [2.45, 2.75) is 12.7 Å². The van der Waals surface area contributed by atoms with Crippen molar-refractivity contribution in [3.8, 4) is 0 Å². The van der Waals surface area contributed by atoms with E-state index in [1.54, 1.807) is 24.3 Å². The molecule has 0 saturated carbocycles. The van der Waals surface area contributed by atoms with E-state index in [1.807, 2.05) is 13.0 Å². The summed E-state index contributed by atoms with van der Waals surface area (Å²) in [6.45, 7) is 2.33. The number of benzene rings is 1. The van der Waals surface area contributed by atoms with Crippen molar-refractivity contribution in [3.05, 3.63) is 35.9 Å². The van der Waals surface area contributed by atoms with Gasteiger partial charge in [-0.2, -0.15) is 0 Å². The van der Waals surface area contributed by atoms with Gasteiger partial charge >= 0.3 is 7.60 Å². The van der Waals surface area contributed by atoms with Crippen molar-refractivity contribution in [1.29, 1.82) is 0 Å². The molecule has 14 heavy (non-hydrogen) atoms. The molecule has 1 aromatic carbocycles. The normalized spacial score (nSPS) is 13.9. The first-order chi connectivity index (χ1) is 6.55. The highest BCUT2D eigenvalue weighted by molar-refractivity contribution is 7.52. The van der Waals surface area contributed by atoms with Crippen LogP contribution in [-0.2, 0) is 4.57 Å². The smallest absolute Gasteiger partial charge is 0.323 e. The van der Waals surface area contributed by atoms with Crippen molar-refractivity contribution in [2.24, 2.45) is 0 Å². The van der Waals surface area contributed by atoms with E-state index in [1.165, 1.54) is 0 Å². The second kappa shape index (κ2) is 4.71. The molecule has 0 saturated heterocycles. The average molecular weight is 215 g/mol. The number of hydrogen-bond acceptors (Lipinski definition) is 2. The van der Waals surface area contributed by atoms with Gasteiger partial charge in [0, 0.05) is 0 Å². The molecule has 5 heteroatoms. The topological polar surface area (TPSA) is 69.6 Å². The molecule has 0 aromatic heterocycles. The van der Waals surface area contributed by atoms with E-state index >= 15 is 0 Å². The molecule has 1 aromatic rings. The maximum Gasteiger partial charge on any atom is 0.346 e. The Morgan fingerprint density at radius 2 is 1.93 bits per heavy atom. The summed E-state index contributed by atoms with van der Waals surface area (Å²) in [7, 11) is -4.13. The van der Waals surface area contributed by atoms with E-state index < -0.39 is 13.4 Å². The van der Waals surface area contributed by atoms with E-state index in [9.17, 15) is 4.57 Å². The Kier molecular flexibility index (Phi) is 3.84. The number of nitrogens with one attached hydrogen (secondary N) is 1. The molecule has 4 nitrogen and oxygen atoms in total. The van der Waals surface area contributed by atoms with Crippen molar-refractivity contribution < 1.29 is 14.4 Å². The van der Waals surface area contributed by atoms with Gasteiger partial charge in [0.15, 0.2) is 0 Å². The molecule has 0 aliphatic heterocycles. The largest absolute Gasteiger partial charge is 0.346 e. The van der Waals surface area contributed by atoms with E-state index in [0.29, 0.717) is 12.1 Å². The molecule has 0 bridgehead atoms. The lowest BCUT2D eigenvalue weighted by atomic mass is 10.2. The molecule has 0 fully saturated rings. The van der Waals surface area contributed by atoms with Crippen LogP contribution in [0.1, 0.15) is 18.3 Å². The minimum Gasteiger partial charge on any atom is -0.323 e. The molecule has 0 aliphatic rings. The van der Waals surface area contributed by atoms with Gasteiger partial charge in [-0.05, 0) is 12.1 Å². The Morgan fingerprint density at radius 1 is 1.36 bits per heavy atom. The first-order valence-corrected chi connectivity index (χ1v) is 6.07. The lowest BCUT2D eigenvalue weighted by Gasteiger charge is -2.19. The van der Waals surface area contributed by atoms with Gasteiger partial charge in [-0.25, -0.2) is 0 Å². The molecular formula is C9H14NO3P. The second-order valence-electron chi connectivity index (χ2n) is 2.96. The van der Waals surface area contributed by atoms with Crippen LogP contribution in [0.5, 0.6) is 0 Å². The first kappa shape index (κ1) is 11.4. The Labute approximate surface area is 83.1 Å². The SMILES string of the molecule is CCNC(c1ccccc1)P(=O)(O)O. The van der Waals surface area contributed by atoms with Crippen LogP contribution >= 0.6 is 7.60 Å². The molecule has 1 unspecified atom stereocenters. The van der Waals surface area contributed by atoms with E-state index in [0.717, 1.165) is 0 Å². The van der Waals surface area contributed by atoms with E-state index in [-0.39, 0.29) is 0 Å². The summed E-state index contributed by atoms with van der Waals surface area (Å²) in [6.07, 6.45) is 0. The molecular weight excluding hydrogens is 201 g/mol. The maximum absolute atomic E-state index is 11.2. The van der Waals surface area contributed by atoms with Crippen LogP contribution in [0.15, 0.2) is 30.3 Å². The van der Waals surface area contributed by atoms with Crippen LogP contribution in [0.2, 0.25) is 0 Å². The van der Waals surface area contributed by atoms with Gasteiger partial charge in [0.1, 0.15) is 5.78 Å². The maximum atomic E-state index is 11.2. The highest BCUT2D eigenvalue weighted by atomic mass is 31.2. The van der Waals surface area contributed by atoms with Gasteiger partial charge in [0.2, 0.25) is 0 Å². The Balaban J connectivity index is 2.95. The minimum absolute atomic E-state index is 0.519. The lowest BCUT2D eigenvalue weighted by Crippen LogP contribution is -2.20. The lowest BCUT2D eigenvalue weighted by molar-refractivity contribution is 0.349. The fourth-order valence-electron chi connectivity index (χ4n) is 1.26. The summed E-state index contributed by atoms with van der Waals surface area (Å²) >= 11 is 0. The standard InChI is InChI=1S/C9H14NO3P/c1-2-10-9(14(11,12)13)8-6-4-3-5-7-8/h3-7,9-10H,2H2,1H3,(H2,11,12,13). The van der Waals surface area contributed by atoms with Crippen LogP contribution in [-0.4, -0.2) is 16.3 Å². The number of hydrogen-bond donors (Lipinski definition) is 3. The molecule has 0 amide bonds. The fraction of sp³-hybridized carbons (Fsp3) is 0.333. The monoisotopic (exact) mass is 215 g/mol. The zero-order valence-corrected chi connectivity index (χ0v) is 8.82. The van der Waals surface area contributed by atoms with Gasteiger partial charge in [-0.15, -0.1) is 0 Å². The van der Waals surface area contributed by atoms with Crippen molar-refractivity contribution in [3.63, 3.8) is 0 Å². The summed E-state index contributed by atoms with van der Waals surface area (Å²) in [6, 6.07) is 8.73. The summed E-state index contributed by atoms with van der Waals surface area (Å²) in [4.78, 5) is 18.2. The Hall–Kier alpha value is -0.670. The third-order valence-electron chi connectivity index (χ3n) is 1.85. The first-order valence-electron chi connectivity index (χ1n) is 4.39. The Bertz CT molecular complexity index is 322. The molecule has 1 rings (SSSR count). The highest BCUT2D eigenvalue weighted by Crippen LogP contribution is 2.49. The molecule has 1 atom stereocenters. The van der Waals surface area contributed by atoms with E-state index in [4.69, 9.17) is 9.79 Å². The summed E-state index contributed by atoms with van der Waals surface area (Å²) in [5, 5.41) is 2.78. The molecule has 78 valence electrons. The van der Waals surface area contributed by atoms with Crippen LogP contribution in [0.3, 0.4) is 0 Å². The molecule has 3 N–H and O–H groups in total. The van der Waals surface area contributed by atoms with Crippen LogP contribution in [0, 0.1) is 0 Å². The summed E-state index contributed by atoms with van der Waals surface area (Å²) in [5.74, 6) is -0.895. The zero-order valence-electron chi connectivity index (χ0n) is 7.92. The molecule has 0 aliphatic carbocycles. The van der Waals surface area contributed by atoms with Crippen molar-refractivity contribution in [1.82, 2.24) is 5.32 Å². The Morgan fingerprint density at radius 3 is 2.36 bits per heavy atom. The third kappa shape index (κ3) is 2.93. The molecule has 0 spiro atoms. The van der Waals surface area contributed by atoms with Crippen molar-refractivity contribution >= 4 is 7.60 Å². The molecule has 0 radical (unpaired) electrons. The minimum atomic E-state index is -4.13. The van der Waals surface area contributed by atoms with Crippen LogP contribution in [0.25, 0.3) is 0 Å². The van der Waals surface area contributed by atoms with Crippen molar-refractivity contribution in [2.75, 3.05) is 6.54 Å². The van der Waals surface area contributed by atoms with Gasteiger partial charge in [-0.3, -0.25) is 4.57 Å². The average Bonchev–Trinajstić information content (AvgIpc) is 2.14. The summed E-state index contributed by atoms with van der Waals surface area (Å²) < 4.78 is 11.2. The number of rotatable bonds is 4. The predicted molar refractivity (Wildman–Crippen MR) is 54.9 cm³/mol. The van der Waals surface area contributed by atoms with Gasteiger partial charge < -0.3 is 15.1 Å². The quantitative estimate of drug-likeness (QED) is 0.665. The summed E-state index contributed by atoms with van der Waals surface area (Å²) in [5.41, 5.74) is 0.614. The van der Waals surface area contributed by atoms with Gasteiger partial charge in [-0.1, -0.05) is 37.3 Å². The van der Waals surface area contributed by atoms with Gasteiger partial charge in [0.05, 0.1) is 0 Å². The van der Waals surface area contributed by atoms with Crippen LogP contribution in [0.4, 0.5) is 0 Å². The van der Waals surface area contributed by atoms with E-state index in [2.05, 4.69) is 5.32 Å². The zero-order chi connectivity index (χ0) is 10.6. The van der Waals surface area contributed by atoms with Gasteiger partial charge in [0.25, 0.3) is 0 Å². The highest BCUT2D eigenvalue weighted by Gasteiger charge is 2.28. The second-order valence-corrected chi connectivity index (χ2v) is 4.65. The fourth-order valence-corrected chi connectivity index (χ4v) is 2.24. The third-order valence-corrected chi connectivity index (χ3v) is 3.00. The van der Waals surface area contributed by atoms with Crippen LogP contribution < -0.4 is 5.32 Å². The predicted octanol–water partition coefficient (Wildman–Crippen LogP) is 1.47. The molecule has 0 heterocycles.